The van der Waals surface area contributed by atoms with E-state index in [0.717, 1.165) is 22.6 Å². The number of hydrogen-bond donors (Lipinski definition) is 0. The van der Waals surface area contributed by atoms with Gasteiger partial charge in [0.05, 0.1) is 17.1 Å². The standard InChI is InChI=1S/C21H16N2O/c1-4-10-17(11-5-1)20-16-24-21(22-18-12-6-2-7-13-18)23(20)19-14-8-3-9-15-19/h1-16H. The first kappa shape index (κ1) is 14.3. The van der Waals surface area contributed by atoms with Crippen molar-refractivity contribution >= 4 is 5.69 Å². The van der Waals surface area contributed by atoms with Gasteiger partial charge in [-0.2, -0.15) is 4.99 Å². The van der Waals surface area contributed by atoms with Gasteiger partial charge in [0.25, 0.3) is 0 Å². The average Bonchev–Trinajstić information content (AvgIpc) is 3.07. The normalized spacial score (nSPS) is 11.6. The molecule has 1 aromatic heterocycles. The molecule has 0 amide bonds. The predicted octanol–water partition coefficient (Wildman–Crippen LogP) is 4.97. The molecule has 24 heavy (non-hydrogen) atoms. The van der Waals surface area contributed by atoms with E-state index in [0.29, 0.717) is 5.68 Å². The summed E-state index contributed by atoms with van der Waals surface area (Å²) in [6, 6.07) is 30.1. The van der Waals surface area contributed by atoms with E-state index in [1.54, 1.807) is 6.26 Å². The third-order valence-corrected chi connectivity index (χ3v) is 3.77. The lowest BCUT2D eigenvalue weighted by Crippen LogP contribution is -2.14. The Morgan fingerprint density at radius 2 is 1.25 bits per heavy atom. The summed E-state index contributed by atoms with van der Waals surface area (Å²) < 4.78 is 7.83. The maximum Gasteiger partial charge on any atom is 0.307 e. The highest BCUT2D eigenvalue weighted by molar-refractivity contribution is 5.61. The Balaban J connectivity index is 1.96. The van der Waals surface area contributed by atoms with Gasteiger partial charge in [-0.25, -0.2) is 0 Å². The zero-order valence-corrected chi connectivity index (χ0v) is 13.0. The summed E-state index contributed by atoms with van der Waals surface area (Å²) in [7, 11) is 0. The van der Waals surface area contributed by atoms with Crippen LogP contribution in [-0.2, 0) is 0 Å². The fourth-order valence-corrected chi connectivity index (χ4v) is 2.64. The van der Waals surface area contributed by atoms with E-state index in [-0.39, 0.29) is 0 Å². The number of para-hydroxylation sites is 2. The molecule has 0 unspecified atom stereocenters. The van der Waals surface area contributed by atoms with Gasteiger partial charge in [0, 0.05) is 5.56 Å². The van der Waals surface area contributed by atoms with Crippen molar-refractivity contribution in [2.24, 2.45) is 4.99 Å². The fourth-order valence-electron chi connectivity index (χ4n) is 2.64. The number of hydrogen-bond acceptors (Lipinski definition) is 2. The highest BCUT2D eigenvalue weighted by atomic mass is 16.3. The Labute approximate surface area is 140 Å². The Bertz CT molecular complexity index is 984. The second-order valence-corrected chi connectivity index (χ2v) is 5.39. The molecule has 0 aliphatic carbocycles. The summed E-state index contributed by atoms with van der Waals surface area (Å²) in [5, 5.41) is 0. The lowest BCUT2D eigenvalue weighted by Gasteiger charge is -2.07. The third-order valence-electron chi connectivity index (χ3n) is 3.77. The second kappa shape index (κ2) is 6.42. The summed E-state index contributed by atoms with van der Waals surface area (Å²) in [4.78, 5) is 4.66. The molecule has 0 aliphatic rings. The van der Waals surface area contributed by atoms with Gasteiger partial charge < -0.3 is 4.42 Å². The molecule has 0 radical (unpaired) electrons. The molecular formula is C21H16N2O. The van der Waals surface area contributed by atoms with Crippen LogP contribution in [0.4, 0.5) is 5.69 Å². The van der Waals surface area contributed by atoms with Gasteiger partial charge in [-0.05, 0) is 24.3 Å². The largest absolute Gasteiger partial charge is 0.431 e. The number of rotatable bonds is 3. The first-order valence-electron chi connectivity index (χ1n) is 7.83. The molecule has 0 atom stereocenters. The van der Waals surface area contributed by atoms with Crippen molar-refractivity contribution in [3.05, 3.63) is 103 Å². The van der Waals surface area contributed by atoms with Crippen LogP contribution in [0.1, 0.15) is 0 Å². The van der Waals surface area contributed by atoms with Gasteiger partial charge >= 0.3 is 5.68 Å². The van der Waals surface area contributed by atoms with Crippen LogP contribution in [0.25, 0.3) is 16.9 Å². The lowest BCUT2D eigenvalue weighted by atomic mass is 10.1. The van der Waals surface area contributed by atoms with Gasteiger partial charge in [-0.3, -0.25) is 4.57 Å². The molecule has 0 saturated heterocycles. The minimum Gasteiger partial charge on any atom is -0.431 e. The van der Waals surface area contributed by atoms with Crippen molar-refractivity contribution in [2.75, 3.05) is 0 Å². The van der Waals surface area contributed by atoms with Crippen LogP contribution in [0.15, 0.2) is 107 Å². The zero-order valence-electron chi connectivity index (χ0n) is 13.0. The van der Waals surface area contributed by atoms with E-state index in [1.807, 2.05) is 83.4 Å². The van der Waals surface area contributed by atoms with Crippen LogP contribution in [0.2, 0.25) is 0 Å². The Morgan fingerprint density at radius 3 is 1.92 bits per heavy atom. The van der Waals surface area contributed by atoms with Gasteiger partial charge in [0.2, 0.25) is 0 Å². The van der Waals surface area contributed by atoms with E-state index in [1.165, 1.54) is 0 Å². The highest BCUT2D eigenvalue weighted by Crippen LogP contribution is 2.22. The molecule has 0 saturated carbocycles. The number of oxazole rings is 1. The molecule has 4 rings (SSSR count). The summed E-state index contributed by atoms with van der Waals surface area (Å²) in [5.41, 5.74) is 4.47. The lowest BCUT2D eigenvalue weighted by molar-refractivity contribution is 0.488. The number of benzene rings is 3. The maximum atomic E-state index is 5.80. The van der Waals surface area contributed by atoms with Crippen molar-refractivity contribution in [1.29, 1.82) is 0 Å². The first-order chi connectivity index (χ1) is 11.9. The van der Waals surface area contributed by atoms with Gasteiger partial charge in [0.15, 0.2) is 0 Å². The SMILES string of the molecule is c1ccc(N=c2occ(-c3ccccc3)n2-c2ccccc2)cc1. The predicted molar refractivity (Wildman–Crippen MR) is 95.1 cm³/mol. The van der Waals surface area contributed by atoms with Crippen molar-refractivity contribution in [1.82, 2.24) is 4.57 Å². The van der Waals surface area contributed by atoms with Crippen LogP contribution in [0.5, 0.6) is 0 Å². The van der Waals surface area contributed by atoms with E-state index in [9.17, 15) is 0 Å². The smallest absolute Gasteiger partial charge is 0.307 e. The Morgan fingerprint density at radius 1 is 0.667 bits per heavy atom. The van der Waals surface area contributed by atoms with E-state index in [2.05, 4.69) is 17.1 Å². The Hall–Kier alpha value is -3.33. The molecule has 3 nitrogen and oxygen atoms in total. The minimum absolute atomic E-state index is 0.547. The molecule has 0 fully saturated rings. The first-order valence-corrected chi connectivity index (χ1v) is 7.83. The summed E-state index contributed by atoms with van der Waals surface area (Å²) in [5.74, 6) is 0. The van der Waals surface area contributed by atoms with E-state index >= 15 is 0 Å². The summed E-state index contributed by atoms with van der Waals surface area (Å²) in [6.07, 6.45) is 1.75. The third kappa shape index (κ3) is 2.79. The molecule has 0 bridgehead atoms. The van der Waals surface area contributed by atoms with Crippen molar-refractivity contribution < 1.29 is 4.42 Å². The number of nitrogens with zero attached hydrogens (tertiary/aromatic N) is 2. The van der Waals surface area contributed by atoms with Crippen molar-refractivity contribution in [2.45, 2.75) is 0 Å². The van der Waals surface area contributed by atoms with Crippen molar-refractivity contribution in [3.63, 3.8) is 0 Å². The average molecular weight is 312 g/mol. The van der Waals surface area contributed by atoms with Gasteiger partial charge in [-0.15, -0.1) is 0 Å². The molecule has 0 spiro atoms. The number of aromatic nitrogens is 1. The minimum atomic E-state index is 0.547. The fraction of sp³-hybridized carbons (Fsp3) is 0. The van der Waals surface area contributed by atoms with E-state index in [4.69, 9.17) is 4.42 Å². The Kier molecular flexibility index (Phi) is 3.82. The van der Waals surface area contributed by atoms with E-state index < -0.39 is 0 Å². The molecule has 4 aromatic rings. The molecule has 0 aliphatic heterocycles. The second-order valence-electron chi connectivity index (χ2n) is 5.39. The monoisotopic (exact) mass is 312 g/mol. The van der Waals surface area contributed by atoms with Gasteiger partial charge in [-0.1, -0.05) is 66.7 Å². The van der Waals surface area contributed by atoms with Crippen molar-refractivity contribution in [3.8, 4) is 16.9 Å². The zero-order chi connectivity index (χ0) is 16.2. The molecule has 0 N–H and O–H groups in total. The van der Waals surface area contributed by atoms with Gasteiger partial charge in [0.1, 0.15) is 6.26 Å². The van der Waals surface area contributed by atoms with Crippen LogP contribution in [-0.4, -0.2) is 4.57 Å². The highest BCUT2D eigenvalue weighted by Gasteiger charge is 2.11. The summed E-state index contributed by atoms with van der Waals surface area (Å²) >= 11 is 0. The molecular weight excluding hydrogens is 296 g/mol. The molecule has 116 valence electrons. The topological polar surface area (TPSA) is 30.4 Å². The molecule has 3 heteroatoms. The summed E-state index contributed by atoms with van der Waals surface area (Å²) in [6.45, 7) is 0. The maximum absolute atomic E-state index is 5.80. The van der Waals surface area contributed by atoms with Crippen LogP contribution >= 0.6 is 0 Å². The molecule has 1 heterocycles. The molecule has 3 aromatic carbocycles. The van der Waals surface area contributed by atoms with Crippen LogP contribution in [0, 0.1) is 0 Å². The quantitative estimate of drug-likeness (QED) is 0.525. The van der Waals surface area contributed by atoms with Crippen LogP contribution < -0.4 is 5.68 Å². The van der Waals surface area contributed by atoms with Crippen LogP contribution in [0.3, 0.4) is 0 Å².